The first-order valence-electron chi connectivity index (χ1n) is 9.22. The number of hydrogen-bond donors (Lipinski definition) is 1. The van der Waals surface area contributed by atoms with Crippen LogP contribution in [0.4, 0.5) is 11.7 Å². The highest BCUT2D eigenvalue weighted by Gasteiger charge is 2.19. The van der Waals surface area contributed by atoms with Crippen LogP contribution in [0.1, 0.15) is 15.4 Å². The average molecular weight is 427 g/mol. The van der Waals surface area contributed by atoms with Crippen molar-refractivity contribution in [1.29, 1.82) is 0 Å². The third-order valence-corrected chi connectivity index (χ3v) is 6.58. The smallest absolute Gasteiger partial charge is 0.298 e. The number of amides is 1. The molecule has 1 fully saturated rings. The van der Waals surface area contributed by atoms with Gasteiger partial charge in [-0.3, -0.25) is 4.79 Å². The summed E-state index contributed by atoms with van der Waals surface area (Å²) in [7, 11) is 0. The van der Waals surface area contributed by atoms with Crippen LogP contribution in [-0.4, -0.2) is 42.2 Å². The van der Waals surface area contributed by atoms with Gasteiger partial charge < -0.3 is 19.4 Å². The molecule has 148 valence electrons. The number of aromatic nitrogens is 2. The van der Waals surface area contributed by atoms with E-state index in [9.17, 15) is 4.79 Å². The van der Waals surface area contributed by atoms with E-state index in [0.29, 0.717) is 40.9 Å². The van der Waals surface area contributed by atoms with Crippen molar-refractivity contribution in [2.45, 2.75) is 6.92 Å². The monoisotopic (exact) mass is 426 g/mol. The topological polar surface area (TPSA) is 80.5 Å². The van der Waals surface area contributed by atoms with Crippen molar-refractivity contribution in [2.75, 3.05) is 36.5 Å². The van der Waals surface area contributed by atoms with E-state index in [-0.39, 0.29) is 5.91 Å². The van der Waals surface area contributed by atoms with Crippen LogP contribution >= 0.6 is 22.7 Å². The molecule has 1 N–H and O–H groups in total. The normalized spacial score (nSPS) is 14.4. The lowest BCUT2D eigenvalue weighted by atomic mass is 10.2. The average Bonchev–Trinajstić information content (AvgIpc) is 3.47. The molecule has 0 aliphatic carbocycles. The molecule has 0 radical (unpaired) electrons. The van der Waals surface area contributed by atoms with Crippen molar-refractivity contribution in [3.63, 3.8) is 0 Å². The molecule has 1 amide bonds. The van der Waals surface area contributed by atoms with E-state index >= 15 is 0 Å². The SMILES string of the molecule is Cc1nc(-c2ccsc2)sc1C(=O)Nc1ccc2oc(N3CCOCC3)nc2c1. The molecule has 3 aromatic heterocycles. The number of nitrogens with zero attached hydrogens (tertiary/aromatic N) is 3. The fourth-order valence-electron chi connectivity index (χ4n) is 3.19. The number of carbonyl (C=O) groups excluding carboxylic acids is 1. The summed E-state index contributed by atoms with van der Waals surface area (Å²) in [4.78, 5) is 24.6. The highest BCUT2D eigenvalue weighted by atomic mass is 32.1. The van der Waals surface area contributed by atoms with Crippen LogP contribution in [0.15, 0.2) is 39.4 Å². The second-order valence-corrected chi connectivity index (χ2v) is 8.46. The van der Waals surface area contributed by atoms with Gasteiger partial charge in [0.2, 0.25) is 0 Å². The molecular formula is C20H18N4O3S2. The Morgan fingerprint density at radius 1 is 1.21 bits per heavy atom. The van der Waals surface area contributed by atoms with Gasteiger partial charge in [0, 0.05) is 29.7 Å². The standard InChI is InChI=1S/C20H18N4O3S2/c1-12-17(29-19(21-12)13-4-9-28-11-13)18(25)22-14-2-3-16-15(10-14)23-20(27-16)24-5-7-26-8-6-24/h2-4,9-11H,5-8H2,1H3,(H,22,25). The minimum absolute atomic E-state index is 0.169. The number of ether oxygens (including phenoxy) is 1. The van der Waals surface area contributed by atoms with Gasteiger partial charge in [0.1, 0.15) is 15.4 Å². The van der Waals surface area contributed by atoms with E-state index in [4.69, 9.17) is 9.15 Å². The number of nitrogens with one attached hydrogen (secondary N) is 1. The molecule has 29 heavy (non-hydrogen) atoms. The fraction of sp³-hybridized carbons (Fsp3) is 0.250. The number of anilines is 2. The molecule has 0 atom stereocenters. The second-order valence-electron chi connectivity index (χ2n) is 6.68. The van der Waals surface area contributed by atoms with E-state index < -0.39 is 0 Å². The summed E-state index contributed by atoms with van der Waals surface area (Å²) in [6.07, 6.45) is 0. The van der Waals surface area contributed by atoms with Gasteiger partial charge in [-0.2, -0.15) is 16.3 Å². The molecular weight excluding hydrogens is 408 g/mol. The van der Waals surface area contributed by atoms with E-state index in [1.165, 1.54) is 11.3 Å². The molecule has 0 bridgehead atoms. The number of hydrogen-bond acceptors (Lipinski definition) is 8. The minimum Gasteiger partial charge on any atom is -0.423 e. The number of rotatable bonds is 4. The van der Waals surface area contributed by atoms with Gasteiger partial charge in [-0.1, -0.05) is 0 Å². The van der Waals surface area contributed by atoms with Crippen LogP contribution < -0.4 is 10.2 Å². The zero-order valence-corrected chi connectivity index (χ0v) is 17.3. The van der Waals surface area contributed by atoms with Crippen molar-refractivity contribution < 1.29 is 13.9 Å². The summed E-state index contributed by atoms with van der Waals surface area (Å²) in [6, 6.07) is 8.08. The van der Waals surface area contributed by atoms with Gasteiger partial charge in [0.25, 0.3) is 11.9 Å². The third kappa shape index (κ3) is 3.64. The zero-order valence-electron chi connectivity index (χ0n) is 15.7. The lowest BCUT2D eigenvalue weighted by Gasteiger charge is -2.24. The van der Waals surface area contributed by atoms with E-state index in [0.717, 1.165) is 29.4 Å². The third-order valence-electron chi connectivity index (χ3n) is 4.69. The highest BCUT2D eigenvalue weighted by molar-refractivity contribution is 7.17. The van der Waals surface area contributed by atoms with Crippen molar-refractivity contribution >= 4 is 51.4 Å². The molecule has 1 saturated heterocycles. The number of thiazole rings is 1. The van der Waals surface area contributed by atoms with Gasteiger partial charge >= 0.3 is 0 Å². The van der Waals surface area contributed by atoms with Crippen LogP contribution in [0.25, 0.3) is 21.7 Å². The fourth-order valence-corrected chi connectivity index (χ4v) is 4.86. The summed E-state index contributed by atoms with van der Waals surface area (Å²) >= 11 is 3.02. The Morgan fingerprint density at radius 2 is 2.07 bits per heavy atom. The van der Waals surface area contributed by atoms with Gasteiger partial charge in [-0.25, -0.2) is 4.98 Å². The van der Waals surface area contributed by atoms with E-state index in [2.05, 4.69) is 20.2 Å². The number of oxazole rings is 1. The number of aryl methyl sites for hydroxylation is 1. The van der Waals surface area contributed by atoms with Crippen LogP contribution in [0.5, 0.6) is 0 Å². The van der Waals surface area contributed by atoms with Crippen molar-refractivity contribution in [1.82, 2.24) is 9.97 Å². The lowest BCUT2D eigenvalue weighted by Crippen LogP contribution is -2.36. The molecule has 1 aromatic carbocycles. The van der Waals surface area contributed by atoms with Gasteiger partial charge in [0.15, 0.2) is 5.58 Å². The quantitative estimate of drug-likeness (QED) is 0.521. The summed E-state index contributed by atoms with van der Waals surface area (Å²) in [5, 5.41) is 7.85. The lowest BCUT2D eigenvalue weighted by molar-refractivity contribution is 0.103. The molecule has 7 nitrogen and oxygen atoms in total. The number of carbonyl (C=O) groups is 1. The van der Waals surface area contributed by atoms with Crippen molar-refractivity contribution in [3.8, 4) is 10.6 Å². The number of thiophene rings is 1. The molecule has 0 saturated carbocycles. The molecule has 1 aliphatic heterocycles. The summed E-state index contributed by atoms with van der Waals surface area (Å²) in [5.74, 6) is -0.169. The predicted octanol–water partition coefficient (Wildman–Crippen LogP) is 4.41. The maximum Gasteiger partial charge on any atom is 0.298 e. The molecule has 9 heteroatoms. The molecule has 4 aromatic rings. The Kier molecular flexibility index (Phi) is 4.78. The summed E-state index contributed by atoms with van der Waals surface area (Å²) in [5.41, 5.74) is 3.85. The maximum absolute atomic E-state index is 12.8. The van der Waals surface area contributed by atoms with Crippen LogP contribution in [0.2, 0.25) is 0 Å². The Balaban J connectivity index is 1.36. The minimum atomic E-state index is -0.169. The van der Waals surface area contributed by atoms with Crippen LogP contribution in [-0.2, 0) is 4.74 Å². The number of fused-ring (bicyclic) bond motifs is 1. The van der Waals surface area contributed by atoms with E-state index in [1.807, 2.05) is 41.9 Å². The molecule has 0 spiro atoms. The number of morpholine rings is 1. The molecule has 0 unspecified atom stereocenters. The Hall–Kier alpha value is -2.75. The first kappa shape index (κ1) is 18.3. The summed E-state index contributed by atoms with van der Waals surface area (Å²) < 4.78 is 11.2. The second kappa shape index (κ2) is 7.58. The highest BCUT2D eigenvalue weighted by Crippen LogP contribution is 2.30. The largest absolute Gasteiger partial charge is 0.423 e. The van der Waals surface area contributed by atoms with Crippen molar-refractivity contribution in [2.24, 2.45) is 0 Å². The van der Waals surface area contributed by atoms with Crippen LogP contribution in [0.3, 0.4) is 0 Å². The molecule has 4 heterocycles. The van der Waals surface area contributed by atoms with Gasteiger partial charge in [-0.15, -0.1) is 11.3 Å². The Morgan fingerprint density at radius 3 is 2.86 bits per heavy atom. The van der Waals surface area contributed by atoms with Crippen LogP contribution in [0, 0.1) is 6.92 Å². The van der Waals surface area contributed by atoms with Crippen molar-refractivity contribution in [3.05, 3.63) is 45.6 Å². The van der Waals surface area contributed by atoms with Gasteiger partial charge in [-0.05, 0) is 36.6 Å². The van der Waals surface area contributed by atoms with Gasteiger partial charge in [0.05, 0.1) is 18.9 Å². The van der Waals surface area contributed by atoms with E-state index in [1.54, 1.807) is 11.3 Å². The first-order chi connectivity index (χ1) is 14.2. The predicted molar refractivity (Wildman–Crippen MR) is 115 cm³/mol. The summed E-state index contributed by atoms with van der Waals surface area (Å²) in [6.45, 7) is 4.71. The first-order valence-corrected chi connectivity index (χ1v) is 11.0. The zero-order chi connectivity index (χ0) is 19.8. The maximum atomic E-state index is 12.8. The molecule has 1 aliphatic rings. The number of benzene rings is 1. The molecule has 5 rings (SSSR count). The Labute approximate surface area is 175 Å². The Bertz CT molecular complexity index is 1160.